The molecular formula is C28H40N4O5. The summed E-state index contributed by atoms with van der Waals surface area (Å²) in [6.45, 7) is 4.01. The fourth-order valence-electron chi connectivity index (χ4n) is 6.38. The highest BCUT2D eigenvalue weighted by Gasteiger charge is 2.40. The molecule has 202 valence electrons. The Morgan fingerprint density at radius 1 is 1.03 bits per heavy atom. The zero-order valence-corrected chi connectivity index (χ0v) is 21.8. The highest BCUT2D eigenvalue weighted by Crippen LogP contribution is 2.28. The molecule has 3 fully saturated rings. The fraction of sp³-hybridized carbons (Fsp3) is 0.679. The Morgan fingerprint density at radius 2 is 1.84 bits per heavy atom. The zero-order chi connectivity index (χ0) is 25.8. The largest absolute Gasteiger partial charge is 0.493 e. The standard InChI is InChI=1S/C28H40N4O5/c1-19(33)30-23-12-11-21-13-16-36-25-10-6-5-9-22(25)28(35)32-15-14-31(20-7-3-2-4-8-20)18-24(32)27(34)29-17-26(23)37-21/h5-6,9-10,20-21,23-24,26H,2-4,7-8,11-18H2,1H3,(H,29,34)(H,30,33)/t21-,23+,24-,26+/m0/s1. The monoisotopic (exact) mass is 512 g/mol. The van der Waals surface area contributed by atoms with Gasteiger partial charge in [0.25, 0.3) is 5.91 Å². The van der Waals surface area contributed by atoms with Gasteiger partial charge in [0, 0.05) is 45.6 Å². The lowest BCUT2D eigenvalue weighted by Crippen LogP contribution is -2.63. The molecule has 5 rings (SSSR count). The van der Waals surface area contributed by atoms with E-state index in [0.29, 0.717) is 50.0 Å². The van der Waals surface area contributed by atoms with Crippen molar-refractivity contribution in [2.45, 2.75) is 88.6 Å². The lowest BCUT2D eigenvalue weighted by molar-refractivity contribution is -0.131. The molecular weight excluding hydrogens is 472 g/mol. The number of nitrogens with zero attached hydrogens (tertiary/aromatic N) is 2. The number of nitrogens with one attached hydrogen (secondary N) is 2. The highest BCUT2D eigenvalue weighted by atomic mass is 16.5. The average molecular weight is 513 g/mol. The molecule has 4 aliphatic rings. The van der Waals surface area contributed by atoms with Crippen molar-refractivity contribution in [2.24, 2.45) is 0 Å². The zero-order valence-electron chi connectivity index (χ0n) is 21.8. The first-order chi connectivity index (χ1) is 18.0. The maximum Gasteiger partial charge on any atom is 0.258 e. The number of amides is 3. The van der Waals surface area contributed by atoms with Crippen molar-refractivity contribution >= 4 is 17.7 Å². The number of carbonyl (C=O) groups is 3. The molecule has 1 aliphatic carbocycles. The second-order valence-electron chi connectivity index (χ2n) is 10.9. The van der Waals surface area contributed by atoms with Crippen molar-refractivity contribution in [2.75, 3.05) is 32.8 Å². The van der Waals surface area contributed by atoms with Gasteiger partial charge < -0.3 is 25.0 Å². The Hall–Kier alpha value is -2.65. The third kappa shape index (κ3) is 6.09. The van der Waals surface area contributed by atoms with Gasteiger partial charge in [-0.05, 0) is 37.8 Å². The van der Waals surface area contributed by atoms with Crippen LogP contribution in [0.25, 0.3) is 0 Å². The van der Waals surface area contributed by atoms with Crippen LogP contribution in [0.1, 0.15) is 68.6 Å². The van der Waals surface area contributed by atoms with Gasteiger partial charge in [-0.25, -0.2) is 0 Å². The van der Waals surface area contributed by atoms with E-state index in [9.17, 15) is 14.4 Å². The second-order valence-corrected chi connectivity index (χ2v) is 10.9. The lowest BCUT2D eigenvalue weighted by atomic mass is 9.93. The van der Waals surface area contributed by atoms with Gasteiger partial charge in [-0.2, -0.15) is 0 Å². The first-order valence-electron chi connectivity index (χ1n) is 14.0. The van der Waals surface area contributed by atoms with E-state index in [0.717, 1.165) is 32.2 Å². The van der Waals surface area contributed by atoms with Crippen LogP contribution in [0.15, 0.2) is 24.3 Å². The number of rotatable bonds is 2. The van der Waals surface area contributed by atoms with Crippen LogP contribution < -0.4 is 15.4 Å². The number of piperazine rings is 1. The number of carbonyl (C=O) groups excluding carboxylic acids is 3. The Bertz CT molecular complexity index is 981. The molecule has 0 aromatic heterocycles. The molecule has 1 aromatic rings. The minimum atomic E-state index is -0.599. The van der Waals surface area contributed by atoms with Crippen molar-refractivity contribution in [1.29, 1.82) is 0 Å². The normalized spacial score (nSPS) is 30.2. The number of benzene rings is 1. The van der Waals surface area contributed by atoms with Gasteiger partial charge in [0.05, 0.1) is 30.4 Å². The van der Waals surface area contributed by atoms with Crippen LogP contribution >= 0.6 is 0 Å². The van der Waals surface area contributed by atoms with E-state index in [2.05, 4.69) is 15.5 Å². The molecule has 2 bridgehead atoms. The minimum Gasteiger partial charge on any atom is -0.493 e. The maximum absolute atomic E-state index is 13.8. The molecule has 9 nitrogen and oxygen atoms in total. The SMILES string of the molecule is CC(=O)N[C@@H]1CC[C@H]2CCOc3ccccc3C(=O)N3CCN(C4CCCCC4)C[C@H]3C(=O)NC[C@H]1O2. The summed E-state index contributed by atoms with van der Waals surface area (Å²) >= 11 is 0. The molecule has 0 radical (unpaired) electrons. The van der Waals surface area contributed by atoms with Crippen molar-refractivity contribution in [3.05, 3.63) is 29.8 Å². The minimum absolute atomic E-state index is 0.0364. The lowest BCUT2D eigenvalue weighted by Gasteiger charge is -2.45. The Labute approximate surface area is 219 Å². The molecule has 0 unspecified atom stereocenters. The molecule has 3 heterocycles. The van der Waals surface area contributed by atoms with Crippen LogP contribution in [0.3, 0.4) is 0 Å². The van der Waals surface area contributed by atoms with Gasteiger partial charge in [-0.15, -0.1) is 0 Å². The first kappa shape index (κ1) is 26.0. The van der Waals surface area contributed by atoms with Crippen molar-refractivity contribution in [3.8, 4) is 5.75 Å². The molecule has 4 atom stereocenters. The second kappa shape index (κ2) is 11.8. The molecule has 9 heteroatoms. The van der Waals surface area contributed by atoms with Gasteiger partial charge in [0.2, 0.25) is 11.8 Å². The van der Waals surface area contributed by atoms with Gasteiger partial charge >= 0.3 is 0 Å². The number of hydrogen-bond donors (Lipinski definition) is 2. The third-order valence-electron chi connectivity index (χ3n) is 8.36. The molecule has 0 spiro atoms. The van der Waals surface area contributed by atoms with Crippen molar-refractivity contribution < 1.29 is 23.9 Å². The van der Waals surface area contributed by atoms with Crippen LogP contribution in [0.2, 0.25) is 0 Å². The molecule has 1 saturated carbocycles. The predicted octanol–water partition coefficient (Wildman–Crippen LogP) is 2.10. The van der Waals surface area contributed by atoms with Crippen LogP contribution in [-0.4, -0.2) is 90.6 Å². The van der Waals surface area contributed by atoms with Gasteiger partial charge in [0.15, 0.2) is 0 Å². The van der Waals surface area contributed by atoms with Crippen molar-refractivity contribution in [3.63, 3.8) is 0 Å². The first-order valence-corrected chi connectivity index (χ1v) is 14.0. The van der Waals surface area contributed by atoms with Gasteiger partial charge in [0.1, 0.15) is 11.8 Å². The van der Waals surface area contributed by atoms with E-state index in [1.165, 1.54) is 26.2 Å². The molecule has 3 amide bonds. The molecule has 3 aliphatic heterocycles. The van der Waals surface area contributed by atoms with E-state index in [1.807, 2.05) is 18.2 Å². The summed E-state index contributed by atoms with van der Waals surface area (Å²) in [4.78, 5) is 43.4. The summed E-state index contributed by atoms with van der Waals surface area (Å²) in [6, 6.07) is 7.03. The summed E-state index contributed by atoms with van der Waals surface area (Å²) in [5, 5.41) is 6.09. The van der Waals surface area contributed by atoms with Crippen LogP contribution in [0.4, 0.5) is 0 Å². The summed E-state index contributed by atoms with van der Waals surface area (Å²) in [5.74, 6) is 0.104. The smallest absolute Gasteiger partial charge is 0.258 e. The Morgan fingerprint density at radius 3 is 2.65 bits per heavy atom. The fourth-order valence-corrected chi connectivity index (χ4v) is 6.38. The number of hydrogen-bond acceptors (Lipinski definition) is 6. The van der Waals surface area contributed by atoms with Gasteiger partial charge in [-0.1, -0.05) is 31.4 Å². The van der Waals surface area contributed by atoms with E-state index in [1.54, 1.807) is 11.0 Å². The Balaban J connectivity index is 1.41. The third-order valence-corrected chi connectivity index (χ3v) is 8.36. The highest BCUT2D eigenvalue weighted by molar-refractivity contribution is 6.00. The Kier molecular flexibility index (Phi) is 8.30. The van der Waals surface area contributed by atoms with E-state index >= 15 is 0 Å². The number of para-hydroxylation sites is 1. The van der Waals surface area contributed by atoms with Crippen LogP contribution in [0, 0.1) is 0 Å². The number of fused-ring (bicyclic) bond motifs is 4. The quantitative estimate of drug-likeness (QED) is 0.630. The average Bonchev–Trinajstić information content (AvgIpc) is 2.92. The summed E-state index contributed by atoms with van der Waals surface area (Å²) in [7, 11) is 0. The van der Waals surface area contributed by atoms with E-state index in [-0.39, 0.29) is 36.0 Å². The predicted molar refractivity (Wildman–Crippen MR) is 138 cm³/mol. The van der Waals surface area contributed by atoms with Crippen LogP contribution in [-0.2, 0) is 14.3 Å². The topological polar surface area (TPSA) is 100 Å². The van der Waals surface area contributed by atoms with E-state index in [4.69, 9.17) is 9.47 Å². The number of ether oxygens (including phenoxy) is 2. The summed E-state index contributed by atoms with van der Waals surface area (Å²) in [5.41, 5.74) is 0.497. The van der Waals surface area contributed by atoms with E-state index < -0.39 is 6.04 Å². The van der Waals surface area contributed by atoms with Crippen LogP contribution in [0.5, 0.6) is 5.75 Å². The van der Waals surface area contributed by atoms with Crippen molar-refractivity contribution in [1.82, 2.24) is 20.4 Å². The molecule has 2 N–H and O–H groups in total. The molecule has 1 aromatic carbocycles. The van der Waals surface area contributed by atoms with Gasteiger partial charge in [-0.3, -0.25) is 19.3 Å². The maximum atomic E-state index is 13.8. The summed E-state index contributed by atoms with van der Waals surface area (Å²) < 4.78 is 12.5. The molecule has 2 saturated heterocycles. The molecule has 37 heavy (non-hydrogen) atoms. The summed E-state index contributed by atoms with van der Waals surface area (Å²) in [6.07, 6.45) is 7.89.